The van der Waals surface area contributed by atoms with Crippen LogP contribution >= 0.6 is 0 Å². The Morgan fingerprint density at radius 3 is 2.48 bits per heavy atom. The molecule has 2 aromatic carbocycles. The average molecular weight is 344 g/mol. The first-order chi connectivity index (χ1) is 11.9. The highest BCUT2D eigenvalue weighted by Crippen LogP contribution is 2.38. The first kappa shape index (κ1) is 17.0. The third-order valence-electron chi connectivity index (χ3n) is 3.93. The number of aliphatic imine (C=N–C) groups is 1. The molecule has 0 saturated carbocycles. The highest BCUT2D eigenvalue weighted by Gasteiger charge is 2.37. The van der Waals surface area contributed by atoms with Crippen molar-refractivity contribution in [3.8, 4) is 0 Å². The number of carbonyl (C=O) groups is 1. The van der Waals surface area contributed by atoms with Crippen LogP contribution in [0.3, 0.4) is 0 Å². The van der Waals surface area contributed by atoms with E-state index in [2.05, 4.69) is 16.9 Å². The number of benzene rings is 2. The molecule has 3 rings (SSSR count). The Morgan fingerprint density at radius 2 is 1.84 bits per heavy atom. The Morgan fingerprint density at radius 1 is 1.12 bits per heavy atom. The Labute approximate surface area is 142 Å². The maximum atomic E-state index is 13.2. The molecule has 0 saturated heterocycles. The molecule has 0 aliphatic carbocycles. The van der Waals surface area contributed by atoms with Crippen LogP contribution in [-0.2, 0) is 6.18 Å². The molecule has 1 N–H and O–H groups in total. The summed E-state index contributed by atoms with van der Waals surface area (Å²) in [6, 6.07) is 12.3. The van der Waals surface area contributed by atoms with Crippen LogP contribution in [0.4, 0.5) is 18.9 Å². The predicted octanol–water partition coefficient (Wildman–Crippen LogP) is 5.03. The first-order valence-electron chi connectivity index (χ1n) is 7.64. The zero-order valence-corrected chi connectivity index (χ0v) is 13.2. The molecule has 1 atom stereocenters. The van der Waals surface area contributed by atoms with Gasteiger partial charge in [0.25, 0.3) is 0 Å². The van der Waals surface area contributed by atoms with Crippen LogP contribution in [0, 0.1) is 0 Å². The Balaban J connectivity index is 2.00. The van der Waals surface area contributed by atoms with Crippen molar-refractivity contribution in [2.24, 2.45) is 4.99 Å². The number of fused-ring (bicyclic) bond motifs is 1. The smallest absolute Gasteiger partial charge is 0.343 e. The van der Waals surface area contributed by atoms with Crippen molar-refractivity contribution in [3.63, 3.8) is 0 Å². The van der Waals surface area contributed by atoms with Gasteiger partial charge in [-0.3, -0.25) is 9.79 Å². The molecule has 25 heavy (non-hydrogen) atoms. The lowest BCUT2D eigenvalue weighted by Crippen LogP contribution is -2.27. The molecule has 0 bridgehead atoms. The molecule has 0 radical (unpaired) electrons. The highest BCUT2D eigenvalue weighted by molar-refractivity contribution is 6.21. The number of hydrogen-bond acceptors (Lipinski definition) is 2. The Hall–Kier alpha value is -2.89. The summed E-state index contributed by atoms with van der Waals surface area (Å²) < 4.78 is 39.6. The largest absolute Gasteiger partial charge is 0.418 e. The van der Waals surface area contributed by atoms with E-state index >= 15 is 0 Å². The van der Waals surface area contributed by atoms with Crippen LogP contribution in [0.1, 0.15) is 33.9 Å². The number of rotatable bonds is 3. The van der Waals surface area contributed by atoms with Crippen molar-refractivity contribution in [3.05, 3.63) is 77.9 Å². The number of anilines is 1. The van der Waals surface area contributed by atoms with Crippen LogP contribution in [0.5, 0.6) is 0 Å². The van der Waals surface area contributed by atoms with Gasteiger partial charge in [0.15, 0.2) is 5.78 Å². The third-order valence-corrected chi connectivity index (χ3v) is 3.93. The summed E-state index contributed by atoms with van der Waals surface area (Å²) in [5, 5.41) is 2.70. The molecule has 2 aromatic rings. The van der Waals surface area contributed by atoms with E-state index in [1.54, 1.807) is 6.08 Å². The van der Waals surface area contributed by atoms with Gasteiger partial charge in [0, 0.05) is 5.56 Å². The van der Waals surface area contributed by atoms with Crippen molar-refractivity contribution in [2.45, 2.75) is 18.6 Å². The highest BCUT2D eigenvalue weighted by atomic mass is 19.4. The van der Waals surface area contributed by atoms with Crippen molar-refractivity contribution < 1.29 is 18.0 Å². The van der Waals surface area contributed by atoms with Crippen LogP contribution in [-0.4, -0.2) is 11.6 Å². The van der Waals surface area contributed by atoms with Crippen molar-refractivity contribution in [1.82, 2.24) is 0 Å². The predicted molar refractivity (Wildman–Crippen MR) is 90.8 cm³/mol. The number of amidine groups is 1. The number of para-hydroxylation sites is 1. The first-order valence-corrected chi connectivity index (χ1v) is 7.64. The van der Waals surface area contributed by atoms with Crippen LogP contribution in [0.25, 0.3) is 0 Å². The summed E-state index contributed by atoms with van der Waals surface area (Å²) in [6.45, 7) is 3.72. The van der Waals surface area contributed by atoms with E-state index in [1.807, 2.05) is 30.3 Å². The van der Waals surface area contributed by atoms with Gasteiger partial charge in [-0.2, -0.15) is 13.2 Å². The molecule has 6 heteroatoms. The number of ketones is 1. The van der Waals surface area contributed by atoms with Crippen molar-refractivity contribution in [2.75, 3.05) is 5.32 Å². The van der Waals surface area contributed by atoms with Crippen molar-refractivity contribution >= 4 is 17.3 Å². The van der Waals surface area contributed by atoms with E-state index in [0.29, 0.717) is 0 Å². The number of nitrogens with zero attached hydrogens (tertiary/aromatic N) is 1. The summed E-state index contributed by atoms with van der Waals surface area (Å²) in [5.41, 5.74) is -0.237. The molecule has 128 valence electrons. The molecule has 0 fully saturated rings. The summed E-state index contributed by atoms with van der Waals surface area (Å²) >= 11 is 0. The summed E-state index contributed by atoms with van der Waals surface area (Å²) in [7, 11) is 0. The number of halogens is 3. The molecule has 0 spiro atoms. The van der Waals surface area contributed by atoms with Gasteiger partial charge in [0.05, 0.1) is 23.7 Å². The molecule has 1 aliphatic rings. The van der Waals surface area contributed by atoms with E-state index < -0.39 is 23.6 Å². The van der Waals surface area contributed by atoms with Crippen molar-refractivity contribution in [1.29, 1.82) is 0 Å². The van der Waals surface area contributed by atoms with E-state index in [0.717, 1.165) is 11.6 Å². The third kappa shape index (κ3) is 3.47. The quantitative estimate of drug-likeness (QED) is 0.794. The van der Waals surface area contributed by atoms with Crippen LogP contribution in [0.15, 0.2) is 66.2 Å². The maximum Gasteiger partial charge on any atom is 0.418 e. The lowest BCUT2D eigenvalue weighted by molar-refractivity contribution is -0.136. The standard InChI is InChI=1S/C19H15F3N2O/c1-2-15(12-7-4-3-5-8-12)23-17-11-16(25)13-9-6-10-14(18(13)24-17)19(20,21)22/h2-10,15H,1,11H2,(H,23,24). The molecule has 1 unspecified atom stereocenters. The molecule has 3 nitrogen and oxygen atoms in total. The van der Waals surface area contributed by atoms with Gasteiger partial charge in [0.1, 0.15) is 5.84 Å². The molecule has 0 amide bonds. The van der Waals surface area contributed by atoms with Gasteiger partial charge in [-0.25, -0.2) is 0 Å². The Kier molecular flexibility index (Phi) is 4.44. The van der Waals surface area contributed by atoms with Crippen LogP contribution in [0.2, 0.25) is 0 Å². The number of hydrogen-bond donors (Lipinski definition) is 1. The summed E-state index contributed by atoms with van der Waals surface area (Å²) in [5.74, 6) is -0.197. The van der Waals surface area contributed by atoms with E-state index in [1.165, 1.54) is 12.1 Å². The number of alkyl halides is 3. The fourth-order valence-electron chi connectivity index (χ4n) is 2.75. The molecule has 1 aliphatic heterocycles. The fraction of sp³-hybridized carbons (Fsp3) is 0.158. The zero-order chi connectivity index (χ0) is 18.0. The number of nitrogens with one attached hydrogen (secondary N) is 1. The SMILES string of the molecule is C=CC(N=C1CC(=O)c2cccc(C(F)(F)F)c2N1)c1ccccc1. The molecular formula is C19H15F3N2O. The topological polar surface area (TPSA) is 41.5 Å². The molecule has 0 aromatic heterocycles. The normalized spacial score (nSPS) is 16.9. The zero-order valence-electron chi connectivity index (χ0n) is 13.2. The Bertz CT molecular complexity index is 841. The van der Waals surface area contributed by atoms with Gasteiger partial charge < -0.3 is 5.32 Å². The van der Waals surface area contributed by atoms with Gasteiger partial charge in [-0.1, -0.05) is 42.5 Å². The molecule has 1 heterocycles. The maximum absolute atomic E-state index is 13.2. The van der Waals surface area contributed by atoms with Gasteiger partial charge in [-0.15, -0.1) is 6.58 Å². The summed E-state index contributed by atoms with van der Waals surface area (Å²) in [6.07, 6.45) is -3.05. The number of carbonyl (C=O) groups excluding carboxylic acids is 1. The monoisotopic (exact) mass is 344 g/mol. The lowest BCUT2D eigenvalue weighted by atomic mass is 9.97. The van der Waals surface area contributed by atoms with E-state index in [4.69, 9.17) is 0 Å². The minimum absolute atomic E-state index is 0.0311. The van der Waals surface area contributed by atoms with Gasteiger partial charge >= 0.3 is 6.18 Å². The second-order valence-electron chi connectivity index (χ2n) is 5.62. The summed E-state index contributed by atoms with van der Waals surface area (Å²) in [4.78, 5) is 16.7. The second kappa shape index (κ2) is 6.55. The van der Waals surface area contributed by atoms with E-state index in [-0.39, 0.29) is 23.5 Å². The minimum Gasteiger partial charge on any atom is -0.343 e. The van der Waals surface area contributed by atoms with Gasteiger partial charge in [0.2, 0.25) is 0 Å². The molecular weight excluding hydrogens is 329 g/mol. The van der Waals surface area contributed by atoms with Gasteiger partial charge in [-0.05, 0) is 17.7 Å². The minimum atomic E-state index is -4.56. The van der Waals surface area contributed by atoms with E-state index in [9.17, 15) is 18.0 Å². The average Bonchev–Trinajstić information content (AvgIpc) is 2.59. The lowest BCUT2D eigenvalue weighted by Gasteiger charge is -2.23. The fourth-order valence-corrected chi connectivity index (χ4v) is 2.75. The second-order valence-corrected chi connectivity index (χ2v) is 5.62. The van der Waals surface area contributed by atoms with Crippen LogP contribution < -0.4 is 5.32 Å². The number of Topliss-reactive ketones (excluding diaryl/α,β-unsaturated/α-hetero) is 1.